The van der Waals surface area contributed by atoms with Crippen molar-refractivity contribution in [3.05, 3.63) is 380 Å². The second-order valence-corrected chi connectivity index (χ2v) is 34.5. The number of anilines is 10. The Bertz CT molecular complexity index is 6380. The minimum absolute atomic E-state index is 0. The summed E-state index contributed by atoms with van der Waals surface area (Å²) in [6.45, 7) is 4.60. The molecule has 0 spiro atoms. The summed E-state index contributed by atoms with van der Waals surface area (Å²) in [4.78, 5) is 104. The van der Waals surface area contributed by atoms with E-state index in [4.69, 9.17) is 126 Å². The van der Waals surface area contributed by atoms with Crippen LogP contribution in [0, 0.1) is 6.92 Å². The molecule has 4 aliphatic carbocycles. The molecule has 5 aromatic heterocycles. The van der Waals surface area contributed by atoms with E-state index in [9.17, 15) is 19.2 Å². The van der Waals surface area contributed by atoms with Crippen LogP contribution in [0.3, 0.4) is 0 Å². The highest BCUT2D eigenvalue weighted by molar-refractivity contribution is 6.33. The number of hydrogen-bond donors (Lipinski definition) is 13. The van der Waals surface area contributed by atoms with E-state index >= 15 is 0 Å². The van der Waals surface area contributed by atoms with Crippen LogP contribution in [0.4, 0.5) is 59.0 Å². The molecule has 0 atom stereocenters. The molecular formula is C101H106Cl8N28O8. The lowest BCUT2D eigenvalue weighted by Crippen LogP contribution is -2.22. The van der Waals surface area contributed by atoms with E-state index < -0.39 is 0 Å². The van der Waals surface area contributed by atoms with Gasteiger partial charge in [-0.1, -0.05) is 188 Å². The third kappa shape index (κ3) is 37.5. The van der Waals surface area contributed by atoms with Crippen LogP contribution in [-0.4, -0.2) is 151 Å². The molecule has 0 saturated carbocycles. The number of nitrogens with one attached hydrogen (secondary N) is 6. The Morgan fingerprint density at radius 2 is 0.497 bits per heavy atom. The Hall–Kier alpha value is -14.7. The van der Waals surface area contributed by atoms with Crippen LogP contribution in [0.15, 0.2) is 243 Å². The summed E-state index contributed by atoms with van der Waals surface area (Å²) < 4.78 is 18.5. The molecule has 754 valence electrons. The number of hydrogen-bond acceptors (Lipinski definition) is 36. The fourth-order valence-electron chi connectivity index (χ4n) is 14.5. The first-order valence-corrected chi connectivity index (χ1v) is 47.3. The average molecular weight is 2120 g/mol. The predicted octanol–water partition coefficient (Wildman–Crippen LogP) is 16.8. The number of nitrogens with zero attached hydrogens (tertiary/aromatic N) is 15. The SMILES string of the molecule is COC(=O)c1ccc(CN)cc1.COC(=O)c1ccc(CNc2nc(Cl)nc(Cl)n2)cc1.COC(=O)c1ccc(CNc2nc(Cl)nc(NC3Cc4ccccc4C3)n2)cc1.COC(=O)c1ccc(CNc2nc(N)nc(Cl)n2)cc1.Cc1ccc(CNc2nc(N)nc(NC3Cc4ccccc4C3)n2)cc1.Cl.Clc1nc(Cl)nc(Cl)n1.NC1Cc2ccccc2C1.NC1Cc2ccccc2C1.Nc1ccccc1N. The number of para-hydroxylation sites is 2. The molecule has 4 aliphatic rings. The highest BCUT2D eigenvalue weighted by Gasteiger charge is 2.25. The molecule has 0 amide bonds. The molecule has 145 heavy (non-hydrogen) atoms. The second kappa shape index (κ2) is 57.6. The van der Waals surface area contributed by atoms with Crippen molar-refractivity contribution in [3.8, 4) is 0 Å². The summed E-state index contributed by atoms with van der Waals surface area (Å²) in [6.07, 6.45) is 8.05. The quantitative estimate of drug-likeness (QED) is 0.0180. The van der Waals surface area contributed by atoms with Gasteiger partial charge in [-0.2, -0.15) is 74.8 Å². The van der Waals surface area contributed by atoms with E-state index in [0.717, 1.165) is 79.2 Å². The number of benzene rings is 10. The van der Waals surface area contributed by atoms with Crippen molar-refractivity contribution in [2.24, 2.45) is 17.2 Å². The number of methoxy groups -OCH3 is 4. The second-order valence-electron chi connectivity index (χ2n) is 32.1. The third-order valence-corrected chi connectivity index (χ3v) is 22.8. The lowest BCUT2D eigenvalue weighted by molar-refractivity contribution is 0.0592. The largest absolute Gasteiger partial charge is 0.465 e. The van der Waals surface area contributed by atoms with Crippen molar-refractivity contribution in [1.82, 2.24) is 74.8 Å². The third-order valence-electron chi connectivity index (χ3n) is 21.6. The first-order chi connectivity index (χ1) is 69.4. The Labute approximate surface area is 878 Å². The number of aromatic nitrogens is 15. The minimum atomic E-state index is -0.375. The molecule has 20 N–H and O–H groups in total. The van der Waals surface area contributed by atoms with Crippen LogP contribution in [0.5, 0.6) is 0 Å². The van der Waals surface area contributed by atoms with Crippen molar-refractivity contribution >= 4 is 176 Å². The number of aryl methyl sites for hydroxylation is 1. The highest BCUT2D eigenvalue weighted by Crippen LogP contribution is 2.29. The smallest absolute Gasteiger partial charge is 0.337 e. The molecule has 0 saturated heterocycles. The molecule has 5 heterocycles. The fourth-order valence-corrected chi connectivity index (χ4v) is 15.8. The van der Waals surface area contributed by atoms with Gasteiger partial charge in [0.25, 0.3) is 0 Å². The van der Waals surface area contributed by atoms with Crippen LogP contribution in [0.1, 0.15) is 119 Å². The van der Waals surface area contributed by atoms with Crippen LogP contribution in [-0.2, 0) is 103 Å². The molecule has 0 bridgehead atoms. The molecule has 0 fully saturated rings. The summed E-state index contributed by atoms with van der Waals surface area (Å²) in [6, 6.07) is 78.8. The number of rotatable bonds is 21. The van der Waals surface area contributed by atoms with Crippen molar-refractivity contribution in [1.29, 1.82) is 0 Å². The van der Waals surface area contributed by atoms with Crippen LogP contribution in [0.25, 0.3) is 0 Å². The molecule has 19 rings (SSSR count). The number of esters is 4. The van der Waals surface area contributed by atoms with E-state index in [0.29, 0.717) is 108 Å². The number of fused-ring (bicyclic) bond motifs is 4. The van der Waals surface area contributed by atoms with Gasteiger partial charge in [0.2, 0.25) is 84.6 Å². The van der Waals surface area contributed by atoms with Crippen molar-refractivity contribution < 1.29 is 38.1 Å². The number of halogens is 8. The molecule has 44 heteroatoms. The first kappa shape index (κ1) is 112. The van der Waals surface area contributed by atoms with Gasteiger partial charge >= 0.3 is 23.9 Å². The number of carbonyl (C=O) groups is 4. The maximum Gasteiger partial charge on any atom is 0.337 e. The zero-order valence-electron chi connectivity index (χ0n) is 79.2. The Morgan fingerprint density at radius 3 is 0.779 bits per heavy atom. The van der Waals surface area contributed by atoms with E-state index in [-0.39, 0.29) is 103 Å². The maximum atomic E-state index is 11.5. The zero-order valence-corrected chi connectivity index (χ0v) is 85.3. The van der Waals surface area contributed by atoms with Gasteiger partial charge in [-0.3, -0.25) is 0 Å². The minimum Gasteiger partial charge on any atom is -0.465 e. The van der Waals surface area contributed by atoms with E-state index in [1.165, 1.54) is 78.5 Å². The van der Waals surface area contributed by atoms with Crippen LogP contribution >= 0.6 is 93.6 Å². The van der Waals surface area contributed by atoms with Gasteiger partial charge in [-0.05, 0) is 272 Å². The van der Waals surface area contributed by atoms with Gasteiger partial charge in [-0.15, -0.1) is 12.4 Å². The maximum absolute atomic E-state index is 11.5. The van der Waals surface area contributed by atoms with Gasteiger partial charge in [-0.25, -0.2) is 19.2 Å². The molecule has 36 nitrogen and oxygen atoms in total. The molecule has 0 aliphatic heterocycles. The van der Waals surface area contributed by atoms with E-state index in [1.54, 1.807) is 84.9 Å². The topological polar surface area (TPSA) is 553 Å². The normalized spacial score (nSPS) is 12.1. The first-order valence-electron chi connectivity index (χ1n) is 44.6. The molecule has 0 radical (unpaired) electrons. The van der Waals surface area contributed by atoms with E-state index in [2.05, 4.69) is 249 Å². The van der Waals surface area contributed by atoms with Crippen molar-refractivity contribution in [2.75, 3.05) is 83.3 Å². The van der Waals surface area contributed by atoms with Gasteiger partial charge in [0.1, 0.15) is 0 Å². The summed E-state index contributed by atoms with van der Waals surface area (Å²) >= 11 is 39.0. The van der Waals surface area contributed by atoms with Crippen molar-refractivity contribution in [3.63, 3.8) is 0 Å². The fraction of sp³-hybridized carbons (Fsp3) is 0.218. The summed E-state index contributed by atoms with van der Waals surface area (Å²) in [5.41, 5.74) is 59.9. The Morgan fingerprint density at radius 1 is 0.283 bits per heavy atom. The lowest BCUT2D eigenvalue weighted by atomic mass is 10.1. The molecule has 0 unspecified atom stereocenters. The number of ether oxygens (including phenoxy) is 4. The van der Waals surface area contributed by atoms with Gasteiger partial charge in [0.05, 0.1) is 62.1 Å². The number of carbonyl (C=O) groups excluding carboxylic acids is 4. The average Bonchev–Trinajstić information content (AvgIpc) is 1.69. The summed E-state index contributed by atoms with van der Waals surface area (Å²) in [5.74, 6) is 1.24. The molecule has 15 aromatic rings. The van der Waals surface area contributed by atoms with Crippen molar-refractivity contribution in [2.45, 2.75) is 115 Å². The number of nitrogen functional groups attached to an aromatic ring is 4. The lowest BCUT2D eigenvalue weighted by Gasteiger charge is -2.13. The van der Waals surface area contributed by atoms with E-state index in [1.807, 2.05) is 36.4 Å². The van der Waals surface area contributed by atoms with Crippen LogP contribution in [0.2, 0.25) is 37.0 Å². The monoisotopic (exact) mass is 2120 g/mol. The number of nitrogens with two attached hydrogens (primary N) is 7. The van der Waals surface area contributed by atoms with Crippen LogP contribution < -0.4 is 72.0 Å². The Kier molecular flexibility index (Phi) is 44.6. The molecular weight excluding hydrogens is 2020 g/mol. The molecule has 10 aromatic carbocycles. The van der Waals surface area contributed by atoms with Gasteiger partial charge in [0, 0.05) is 56.9 Å². The zero-order chi connectivity index (χ0) is 103. The predicted molar refractivity (Wildman–Crippen MR) is 571 cm³/mol. The summed E-state index contributed by atoms with van der Waals surface area (Å²) in [5, 5.41) is 19.2. The highest BCUT2D eigenvalue weighted by atomic mass is 35.5. The standard InChI is InChI=1S/C21H20ClN5O2.C20H22N6.C12H10Cl2N4O2.C12H12ClN5O2.C9H11NO2.2C9H11N.C6H8N2.C3Cl3N3.ClH/c1-29-18(28)14-8-6-13(7-9-14)12-23-20-25-19(22)26-21(27-20)24-17-10-15-4-2-3-5-16(15)11-17;1-13-6-8-14(9-7-13)12-22-19-24-18(21)25-20(26-19)23-17-10-15-4-2-3-5-16(15)11-17;2*1-20-9(19)8-4-2-7(3-5-8)6-15-12-17-10(13)16-11(14)18-12;1-12-9(11)8-4-2-7(6-10)3-5-8;2*10-9-5-7-3-1-2-4-8(7)6-9;7-5-3-1-2-4-6(5)8;4-1-7-2(5)9-3(6)8-1;/h2-9,17H,10-12H2,1H3,(H2,23,24,25,26,27);2-9,17H,10-12H2,1H3,(H4,21,22,23,24,25,26);2-5H,6H2,1H3,(H,15,16,17,18);2-5H,6H2,1H3,(H3,14,15,16,17,18);2-5H,6,10H2,1H3;2*1-4,9H,5-6,10H2;1-4H,7-8H2;;1H. The van der Waals surface area contributed by atoms with Gasteiger partial charge < -0.3 is 91.0 Å². The summed E-state index contributed by atoms with van der Waals surface area (Å²) in [7, 11) is 5.40. The Balaban J connectivity index is 0.000000173. The van der Waals surface area contributed by atoms with Gasteiger partial charge in [0.15, 0.2) is 0 Å².